The monoisotopic (exact) mass is 391 g/mol. The van der Waals surface area contributed by atoms with Crippen molar-refractivity contribution in [2.75, 3.05) is 6.61 Å². The minimum absolute atomic E-state index is 0. The molecule has 1 amide bonds. The predicted molar refractivity (Wildman–Crippen MR) is 86.4 cm³/mol. The van der Waals surface area contributed by atoms with Gasteiger partial charge in [-0.05, 0) is 26.0 Å². The average molecular weight is 391 g/mol. The Bertz CT molecular complexity index is 859. The summed E-state index contributed by atoms with van der Waals surface area (Å²) in [5, 5.41) is 8.05. The van der Waals surface area contributed by atoms with Crippen LogP contribution in [0, 0.1) is 5.92 Å². The molecule has 2 fully saturated rings. The summed E-state index contributed by atoms with van der Waals surface area (Å²) < 4.78 is 28.8. The van der Waals surface area contributed by atoms with Gasteiger partial charge in [0.15, 0.2) is 15.2 Å². The third-order valence-corrected chi connectivity index (χ3v) is 7.70. The molecule has 10 heteroatoms. The van der Waals surface area contributed by atoms with E-state index in [9.17, 15) is 27.9 Å². The minimum atomic E-state index is -3.92. The van der Waals surface area contributed by atoms with E-state index in [2.05, 4.69) is 0 Å². The molecular weight excluding hydrogens is 373 g/mol. The van der Waals surface area contributed by atoms with E-state index in [4.69, 9.17) is 4.74 Å². The molecule has 3 rings (SSSR count). The Balaban J connectivity index is 0.00000182. The Labute approximate surface area is 174 Å². The number of esters is 1. The molecule has 0 radical (unpaired) electrons. The van der Waals surface area contributed by atoms with E-state index in [1.54, 1.807) is 18.2 Å². The SMILES string of the molecule is CC1(C)[C@H](C(=O)O)N2C(=O)[C@@H](COC(=O)c3ccccc3)[C@H]2S1(=O)=O.[H-].[Na+]. The van der Waals surface area contributed by atoms with Crippen LogP contribution >= 0.6 is 0 Å². The number of carbonyl (C=O) groups is 3. The van der Waals surface area contributed by atoms with Gasteiger partial charge in [-0.15, -0.1) is 0 Å². The van der Waals surface area contributed by atoms with Gasteiger partial charge in [0.05, 0.1) is 10.3 Å². The predicted octanol–water partition coefficient (Wildman–Crippen LogP) is -2.60. The third-order valence-electron chi connectivity index (χ3n) is 4.82. The molecule has 2 saturated heterocycles. The van der Waals surface area contributed by atoms with E-state index in [0.29, 0.717) is 0 Å². The van der Waals surface area contributed by atoms with Crippen LogP contribution in [-0.4, -0.2) is 59.0 Å². The summed E-state index contributed by atoms with van der Waals surface area (Å²) in [4.78, 5) is 36.6. The fraction of sp³-hybridized carbons (Fsp3) is 0.438. The molecule has 26 heavy (non-hydrogen) atoms. The Morgan fingerprint density at radius 3 is 2.38 bits per heavy atom. The second kappa shape index (κ2) is 6.95. The first-order chi connectivity index (χ1) is 11.6. The van der Waals surface area contributed by atoms with E-state index >= 15 is 0 Å². The van der Waals surface area contributed by atoms with Crippen molar-refractivity contribution in [1.82, 2.24) is 4.90 Å². The maximum atomic E-state index is 12.7. The maximum absolute atomic E-state index is 12.7. The van der Waals surface area contributed by atoms with Crippen molar-refractivity contribution in [3.63, 3.8) is 0 Å². The van der Waals surface area contributed by atoms with Crippen LogP contribution < -0.4 is 29.6 Å². The van der Waals surface area contributed by atoms with Crippen LogP contribution in [-0.2, 0) is 24.2 Å². The molecule has 3 atom stereocenters. The van der Waals surface area contributed by atoms with Crippen LogP contribution in [0.1, 0.15) is 25.6 Å². The van der Waals surface area contributed by atoms with Crippen LogP contribution in [0.5, 0.6) is 0 Å². The normalized spacial score (nSPS) is 27.7. The second-order valence-corrected chi connectivity index (χ2v) is 9.22. The van der Waals surface area contributed by atoms with E-state index < -0.39 is 56.4 Å². The molecule has 2 heterocycles. The smallest absolute Gasteiger partial charge is 1.00 e. The van der Waals surface area contributed by atoms with E-state index in [-0.39, 0.29) is 36.5 Å². The average Bonchev–Trinajstić information content (AvgIpc) is 2.69. The zero-order chi connectivity index (χ0) is 18.6. The summed E-state index contributed by atoms with van der Waals surface area (Å²) in [5.74, 6) is -3.76. The number of sulfone groups is 1. The largest absolute Gasteiger partial charge is 1.00 e. The van der Waals surface area contributed by atoms with E-state index in [1.165, 1.54) is 26.0 Å². The number of aliphatic carboxylic acids is 1. The van der Waals surface area contributed by atoms with Gasteiger partial charge in [0.2, 0.25) is 5.91 Å². The van der Waals surface area contributed by atoms with Crippen molar-refractivity contribution >= 4 is 27.7 Å². The number of nitrogens with zero attached hydrogens (tertiary/aromatic N) is 1. The molecule has 0 bridgehead atoms. The van der Waals surface area contributed by atoms with Gasteiger partial charge in [-0.3, -0.25) is 4.79 Å². The summed E-state index contributed by atoms with van der Waals surface area (Å²) >= 11 is 0. The number of fused-ring (bicyclic) bond motifs is 1. The van der Waals surface area contributed by atoms with Gasteiger partial charge in [-0.2, -0.15) is 0 Å². The number of hydrogen-bond donors (Lipinski definition) is 1. The molecular formula is C16H18NNaO7S. The number of carboxylic acid groups (broad SMARTS) is 1. The molecule has 0 aromatic heterocycles. The zero-order valence-corrected chi connectivity index (χ0v) is 17.4. The van der Waals surface area contributed by atoms with E-state index in [1.807, 2.05) is 0 Å². The third kappa shape index (κ3) is 2.87. The topological polar surface area (TPSA) is 118 Å². The first-order valence-electron chi connectivity index (χ1n) is 7.61. The molecule has 0 saturated carbocycles. The number of carbonyl (C=O) groups excluding carboxylic acids is 2. The van der Waals surface area contributed by atoms with Crippen LogP contribution in [0.4, 0.5) is 0 Å². The van der Waals surface area contributed by atoms with Gasteiger partial charge < -0.3 is 16.2 Å². The molecule has 1 aromatic rings. The summed E-state index contributed by atoms with van der Waals surface area (Å²) in [7, 11) is -3.92. The van der Waals surface area contributed by atoms with Gasteiger partial charge >= 0.3 is 41.5 Å². The van der Waals surface area contributed by atoms with Crippen molar-refractivity contribution in [1.29, 1.82) is 0 Å². The number of benzene rings is 1. The maximum Gasteiger partial charge on any atom is 1.00 e. The van der Waals surface area contributed by atoms with Crippen molar-refractivity contribution in [3.05, 3.63) is 35.9 Å². The zero-order valence-electron chi connectivity index (χ0n) is 15.6. The Kier molecular flexibility index (Phi) is 5.59. The molecule has 0 unspecified atom stereocenters. The number of rotatable bonds is 4. The number of carboxylic acids is 1. The van der Waals surface area contributed by atoms with Crippen LogP contribution in [0.2, 0.25) is 0 Å². The summed E-state index contributed by atoms with van der Waals surface area (Å²) in [6.45, 7) is 2.18. The summed E-state index contributed by atoms with van der Waals surface area (Å²) in [6.07, 6.45) is 0. The molecule has 0 aliphatic carbocycles. The fourth-order valence-corrected chi connectivity index (χ4v) is 5.69. The van der Waals surface area contributed by atoms with Crippen molar-refractivity contribution in [3.8, 4) is 0 Å². The van der Waals surface area contributed by atoms with Crippen LogP contribution in [0.15, 0.2) is 30.3 Å². The quantitative estimate of drug-likeness (QED) is 0.340. The first kappa shape index (κ1) is 20.9. The van der Waals surface area contributed by atoms with Crippen molar-refractivity contribution in [2.24, 2.45) is 5.92 Å². The summed E-state index contributed by atoms with van der Waals surface area (Å²) in [5.41, 5.74) is 0.282. The van der Waals surface area contributed by atoms with Gasteiger partial charge in [-0.25, -0.2) is 18.0 Å². The van der Waals surface area contributed by atoms with Gasteiger partial charge in [0, 0.05) is 0 Å². The van der Waals surface area contributed by atoms with Crippen LogP contribution in [0.3, 0.4) is 0 Å². The Hall–Kier alpha value is -1.42. The molecule has 8 nitrogen and oxygen atoms in total. The summed E-state index contributed by atoms with van der Waals surface area (Å²) in [6, 6.07) is 6.64. The fourth-order valence-electron chi connectivity index (χ4n) is 3.39. The van der Waals surface area contributed by atoms with Crippen molar-refractivity contribution in [2.45, 2.75) is 30.0 Å². The van der Waals surface area contributed by atoms with Gasteiger partial charge in [0.1, 0.15) is 18.6 Å². The molecule has 0 spiro atoms. The number of hydrogen-bond acceptors (Lipinski definition) is 6. The van der Waals surface area contributed by atoms with Crippen LogP contribution in [0.25, 0.3) is 0 Å². The Morgan fingerprint density at radius 2 is 1.85 bits per heavy atom. The molecule has 1 aromatic carbocycles. The number of ether oxygens (including phenoxy) is 1. The Morgan fingerprint density at radius 1 is 1.27 bits per heavy atom. The number of amides is 1. The molecule has 136 valence electrons. The standard InChI is InChI=1S/C16H17NO7S.Na.H/c1-16(2)11(14(19)20)17-12(18)10(13(17)25(16,22)23)8-24-15(21)9-6-4-3-5-7-9;;/h3-7,10-11,13H,8H2,1-2H3,(H,19,20);;/q;+1;-1/t10-,11+,13-;;/m1../s1. The minimum Gasteiger partial charge on any atom is -1.00 e. The molecule has 2 aliphatic heterocycles. The van der Waals surface area contributed by atoms with Crippen molar-refractivity contribution < 1.29 is 63.6 Å². The molecule has 1 N–H and O–H groups in total. The molecule has 2 aliphatic rings. The van der Waals surface area contributed by atoms with Gasteiger partial charge in [-0.1, -0.05) is 18.2 Å². The second-order valence-electron chi connectivity index (χ2n) is 6.60. The van der Waals surface area contributed by atoms with E-state index in [0.717, 1.165) is 4.90 Å². The number of β-lactam (4-membered cyclic amide) rings is 1. The first-order valence-corrected chi connectivity index (χ1v) is 9.16. The van der Waals surface area contributed by atoms with Gasteiger partial charge in [0.25, 0.3) is 0 Å².